The van der Waals surface area contributed by atoms with Gasteiger partial charge in [-0.15, -0.1) is 0 Å². The monoisotopic (exact) mass is 385 g/mol. The summed E-state index contributed by atoms with van der Waals surface area (Å²) in [5.74, 6) is 0.900. The number of amides is 1. The van der Waals surface area contributed by atoms with Crippen LogP contribution in [0.2, 0.25) is 0 Å². The van der Waals surface area contributed by atoms with Gasteiger partial charge in [-0.3, -0.25) is 4.79 Å². The molecule has 2 aromatic heterocycles. The number of aromatic nitrogens is 4. The first-order valence-electron chi connectivity index (χ1n) is 9.56. The van der Waals surface area contributed by atoms with Gasteiger partial charge < -0.3 is 14.5 Å². The first kappa shape index (κ1) is 18.7. The van der Waals surface area contributed by atoms with Crippen LogP contribution in [0, 0.1) is 6.92 Å². The maximum atomic E-state index is 12.5. The molecule has 2 aromatic carbocycles. The van der Waals surface area contributed by atoms with Gasteiger partial charge in [0.2, 0.25) is 0 Å². The van der Waals surface area contributed by atoms with Crippen LogP contribution in [0.15, 0.2) is 79.6 Å². The molecule has 0 radical (unpaired) electrons. The Bertz CT molecular complexity index is 1080. The smallest absolute Gasteiger partial charge is 0.251 e. The van der Waals surface area contributed by atoms with Crippen molar-refractivity contribution in [3.63, 3.8) is 0 Å². The van der Waals surface area contributed by atoms with Crippen molar-refractivity contribution < 1.29 is 4.79 Å². The highest BCUT2D eigenvalue weighted by atomic mass is 16.1. The zero-order valence-corrected chi connectivity index (χ0v) is 16.3. The highest BCUT2D eigenvalue weighted by Crippen LogP contribution is 2.10. The molecule has 6 nitrogen and oxygen atoms in total. The van der Waals surface area contributed by atoms with Crippen molar-refractivity contribution in [2.24, 2.45) is 0 Å². The molecule has 0 unspecified atom stereocenters. The summed E-state index contributed by atoms with van der Waals surface area (Å²) < 4.78 is 4.09. The molecule has 0 saturated carbocycles. The normalized spacial score (nSPS) is 10.8. The predicted octanol–water partition coefficient (Wildman–Crippen LogP) is 3.41. The molecule has 4 aromatic rings. The van der Waals surface area contributed by atoms with Crippen LogP contribution < -0.4 is 5.32 Å². The van der Waals surface area contributed by atoms with Gasteiger partial charge in [-0.05, 0) is 35.7 Å². The number of benzene rings is 2. The molecular formula is C23H23N5O. The lowest BCUT2D eigenvalue weighted by Gasteiger charge is -2.09. The highest BCUT2D eigenvalue weighted by molar-refractivity contribution is 5.94. The molecule has 1 N–H and O–H groups in total. The van der Waals surface area contributed by atoms with Crippen molar-refractivity contribution in [3.05, 3.63) is 108 Å². The van der Waals surface area contributed by atoms with Gasteiger partial charge in [0.05, 0.1) is 6.33 Å². The molecule has 6 heteroatoms. The molecule has 0 fully saturated rings. The molecule has 146 valence electrons. The summed E-state index contributed by atoms with van der Waals surface area (Å²) in [6.45, 7) is 3.98. The van der Waals surface area contributed by atoms with E-state index in [0.29, 0.717) is 12.1 Å². The Morgan fingerprint density at radius 2 is 1.79 bits per heavy atom. The molecular weight excluding hydrogens is 362 g/mol. The standard InChI is InChI=1S/C23H23N5O/c1-18-25-10-12-28(18)16-19-5-7-22(8-6-19)23(29)26-14-20-3-2-4-21(13-20)15-27-11-9-24-17-27/h2-13,17H,14-16H2,1H3,(H,26,29). The van der Waals surface area contributed by atoms with E-state index in [4.69, 9.17) is 0 Å². The first-order valence-corrected chi connectivity index (χ1v) is 9.56. The number of rotatable bonds is 7. The zero-order valence-electron chi connectivity index (χ0n) is 16.3. The number of hydrogen-bond acceptors (Lipinski definition) is 3. The van der Waals surface area contributed by atoms with Crippen molar-refractivity contribution in [2.45, 2.75) is 26.6 Å². The second-order valence-corrected chi connectivity index (χ2v) is 7.04. The van der Waals surface area contributed by atoms with Crippen LogP contribution in [0.3, 0.4) is 0 Å². The van der Waals surface area contributed by atoms with E-state index in [1.807, 2.05) is 60.3 Å². The number of imidazole rings is 2. The molecule has 2 heterocycles. The second-order valence-electron chi connectivity index (χ2n) is 7.04. The SMILES string of the molecule is Cc1nccn1Cc1ccc(C(=O)NCc2cccc(Cn3ccnc3)c2)cc1. The molecule has 1 amide bonds. The quantitative estimate of drug-likeness (QED) is 0.530. The van der Waals surface area contributed by atoms with Crippen LogP contribution in [-0.2, 0) is 19.6 Å². The fraction of sp³-hybridized carbons (Fsp3) is 0.174. The summed E-state index contributed by atoms with van der Waals surface area (Å²) in [5.41, 5.74) is 4.04. The second kappa shape index (κ2) is 8.56. The Labute approximate surface area is 169 Å². The lowest BCUT2D eigenvalue weighted by atomic mass is 10.1. The van der Waals surface area contributed by atoms with Crippen LogP contribution in [0.1, 0.15) is 32.9 Å². The summed E-state index contributed by atoms with van der Waals surface area (Å²) in [5, 5.41) is 3.00. The Kier molecular flexibility index (Phi) is 5.52. The largest absolute Gasteiger partial charge is 0.348 e. The Hall–Kier alpha value is -3.67. The Balaban J connectivity index is 1.34. The molecule has 0 spiro atoms. The molecule has 0 aliphatic heterocycles. The van der Waals surface area contributed by atoms with Gasteiger partial charge in [0.15, 0.2) is 0 Å². The maximum absolute atomic E-state index is 12.5. The van der Waals surface area contributed by atoms with Crippen LogP contribution in [-0.4, -0.2) is 25.0 Å². The molecule has 0 aliphatic carbocycles. The van der Waals surface area contributed by atoms with E-state index >= 15 is 0 Å². The Morgan fingerprint density at radius 1 is 0.966 bits per heavy atom. The predicted molar refractivity (Wildman–Crippen MR) is 111 cm³/mol. The third-order valence-corrected chi connectivity index (χ3v) is 4.86. The van der Waals surface area contributed by atoms with Gasteiger partial charge in [0, 0.05) is 50.0 Å². The lowest BCUT2D eigenvalue weighted by Crippen LogP contribution is -2.22. The fourth-order valence-electron chi connectivity index (χ4n) is 3.24. The third-order valence-electron chi connectivity index (χ3n) is 4.86. The zero-order chi connectivity index (χ0) is 20.1. The average molecular weight is 385 g/mol. The Morgan fingerprint density at radius 3 is 2.52 bits per heavy atom. The molecule has 0 saturated heterocycles. The minimum absolute atomic E-state index is 0.0737. The van der Waals surface area contributed by atoms with Crippen LogP contribution in [0.25, 0.3) is 0 Å². The van der Waals surface area contributed by atoms with E-state index in [1.54, 1.807) is 18.7 Å². The van der Waals surface area contributed by atoms with E-state index in [-0.39, 0.29) is 5.91 Å². The topological polar surface area (TPSA) is 64.7 Å². The van der Waals surface area contributed by atoms with E-state index in [1.165, 1.54) is 5.56 Å². The van der Waals surface area contributed by atoms with Crippen molar-refractivity contribution in [3.8, 4) is 0 Å². The van der Waals surface area contributed by atoms with Crippen molar-refractivity contribution in [1.82, 2.24) is 24.4 Å². The van der Waals surface area contributed by atoms with Crippen molar-refractivity contribution in [2.75, 3.05) is 0 Å². The van der Waals surface area contributed by atoms with Crippen LogP contribution in [0.5, 0.6) is 0 Å². The van der Waals surface area contributed by atoms with Gasteiger partial charge in [-0.2, -0.15) is 0 Å². The minimum Gasteiger partial charge on any atom is -0.348 e. The molecule has 29 heavy (non-hydrogen) atoms. The van der Waals surface area contributed by atoms with E-state index < -0.39 is 0 Å². The molecule has 0 aliphatic rings. The number of carbonyl (C=O) groups excluding carboxylic acids is 1. The molecule has 0 bridgehead atoms. The summed E-state index contributed by atoms with van der Waals surface area (Å²) in [6.07, 6.45) is 9.25. The number of nitrogens with zero attached hydrogens (tertiary/aromatic N) is 4. The van der Waals surface area contributed by atoms with Crippen molar-refractivity contribution in [1.29, 1.82) is 0 Å². The van der Waals surface area contributed by atoms with E-state index in [2.05, 4.69) is 32.0 Å². The van der Waals surface area contributed by atoms with Gasteiger partial charge >= 0.3 is 0 Å². The summed E-state index contributed by atoms with van der Waals surface area (Å²) in [7, 11) is 0. The minimum atomic E-state index is -0.0737. The van der Waals surface area contributed by atoms with Crippen molar-refractivity contribution >= 4 is 5.91 Å². The summed E-state index contributed by atoms with van der Waals surface area (Å²) >= 11 is 0. The highest BCUT2D eigenvalue weighted by Gasteiger charge is 2.07. The van der Waals surface area contributed by atoms with E-state index in [9.17, 15) is 4.79 Å². The fourth-order valence-corrected chi connectivity index (χ4v) is 3.24. The van der Waals surface area contributed by atoms with Crippen LogP contribution in [0.4, 0.5) is 0 Å². The van der Waals surface area contributed by atoms with Gasteiger partial charge in [0.1, 0.15) is 5.82 Å². The van der Waals surface area contributed by atoms with E-state index in [0.717, 1.165) is 30.0 Å². The maximum Gasteiger partial charge on any atom is 0.251 e. The average Bonchev–Trinajstić information content (AvgIpc) is 3.39. The first-order chi connectivity index (χ1) is 14.2. The molecule has 4 rings (SSSR count). The number of carbonyl (C=O) groups is 1. The summed E-state index contributed by atoms with van der Waals surface area (Å²) in [4.78, 5) is 20.8. The summed E-state index contributed by atoms with van der Waals surface area (Å²) in [6, 6.07) is 15.9. The van der Waals surface area contributed by atoms with Crippen LogP contribution >= 0.6 is 0 Å². The molecule has 0 atom stereocenters. The van der Waals surface area contributed by atoms with Gasteiger partial charge in [-0.25, -0.2) is 9.97 Å². The number of nitrogens with one attached hydrogen (secondary N) is 1. The third kappa shape index (κ3) is 4.79. The number of hydrogen-bond donors (Lipinski definition) is 1. The van der Waals surface area contributed by atoms with Gasteiger partial charge in [-0.1, -0.05) is 36.4 Å². The van der Waals surface area contributed by atoms with Gasteiger partial charge in [0.25, 0.3) is 5.91 Å². The number of aryl methyl sites for hydroxylation is 1. The lowest BCUT2D eigenvalue weighted by molar-refractivity contribution is 0.0951.